The molecule has 35 heavy (non-hydrogen) atoms. The zero-order valence-corrected chi connectivity index (χ0v) is 23.5. The number of carbonyl (C=O) groups excluding carboxylic acids is 2. The van der Waals surface area contributed by atoms with Gasteiger partial charge in [0.1, 0.15) is 11.5 Å². The van der Waals surface area contributed by atoms with Gasteiger partial charge in [-0.15, -0.1) is 11.3 Å². The molecule has 1 saturated carbocycles. The second-order valence-electron chi connectivity index (χ2n) is 9.10. The van der Waals surface area contributed by atoms with Crippen LogP contribution in [0, 0.1) is 5.92 Å². The lowest BCUT2D eigenvalue weighted by Gasteiger charge is -2.41. The van der Waals surface area contributed by atoms with E-state index in [1.165, 1.54) is 54.9 Å². The van der Waals surface area contributed by atoms with Crippen molar-refractivity contribution in [1.29, 1.82) is 0 Å². The molecule has 0 saturated heterocycles. The Balaban J connectivity index is 0.00000103. The second-order valence-corrected chi connectivity index (χ2v) is 10.6. The van der Waals surface area contributed by atoms with Crippen molar-refractivity contribution < 1.29 is 14.1 Å². The number of fused-ring (bicyclic) bond motifs is 1. The number of quaternary nitrogens is 1. The molecule has 1 aromatic heterocycles. The lowest BCUT2D eigenvalue weighted by molar-refractivity contribution is -0.927. The van der Waals surface area contributed by atoms with Crippen LogP contribution in [-0.4, -0.2) is 36.6 Å². The number of halogens is 1. The normalized spacial score (nSPS) is 19.3. The number of amides is 3. The van der Waals surface area contributed by atoms with E-state index in [0.717, 1.165) is 35.5 Å². The van der Waals surface area contributed by atoms with Crippen LogP contribution in [0.3, 0.4) is 0 Å². The second kappa shape index (κ2) is 13.9. The summed E-state index contributed by atoms with van der Waals surface area (Å²) < 4.78 is 0.993. The van der Waals surface area contributed by atoms with E-state index in [9.17, 15) is 9.59 Å². The lowest BCUT2D eigenvalue weighted by atomic mass is 9.87. The molecule has 1 atom stereocenters. The van der Waals surface area contributed by atoms with Gasteiger partial charge in [-0.05, 0) is 42.7 Å². The van der Waals surface area contributed by atoms with Crippen molar-refractivity contribution in [3.8, 4) is 0 Å². The molecule has 194 valence electrons. The Bertz CT molecular complexity index is 970. The predicted octanol–water partition coefficient (Wildman–Crippen LogP) is 7.28. The Morgan fingerprint density at radius 2 is 1.69 bits per heavy atom. The van der Waals surface area contributed by atoms with Crippen LogP contribution in [0.5, 0.6) is 0 Å². The molecule has 1 aliphatic heterocycles. The number of nitrogens with zero attached hydrogens (tertiary/aromatic N) is 1. The number of nitrogens with one attached hydrogen (secondary N) is 2. The highest BCUT2D eigenvalue weighted by Gasteiger charge is 2.36. The van der Waals surface area contributed by atoms with E-state index < -0.39 is 11.9 Å². The van der Waals surface area contributed by atoms with E-state index in [2.05, 4.69) is 17.7 Å². The molecule has 6 nitrogen and oxygen atoms in total. The molecule has 1 unspecified atom stereocenters. The number of hydrogen-bond donors (Lipinski definition) is 3. The highest BCUT2D eigenvalue weighted by atomic mass is 35.5. The van der Waals surface area contributed by atoms with Crippen molar-refractivity contribution in [3.05, 3.63) is 45.3 Å². The molecule has 0 bridgehead atoms. The van der Waals surface area contributed by atoms with E-state index in [-0.39, 0.29) is 0 Å². The number of likely N-dealkylation sites (N-methyl/N-ethyl adjacent to an activating group) is 1. The Morgan fingerprint density at radius 3 is 2.29 bits per heavy atom. The number of carbonyl (C=O) groups is 2. The monoisotopic (exact) mass is 521 g/mol. The highest BCUT2D eigenvalue weighted by Crippen LogP contribution is 2.39. The maximum absolute atomic E-state index is 12.5. The first-order valence-electron chi connectivity index (χ1n) is 12.9. The Labute approximate surface area is 219 Å². The number of primary amides is 1. The number of thiophene rings is 1. The van der Waals surface area contributed by atoms with Gasteiger partial charge in [0.15, 0.2) is 0 Å². The molecule has 1 fully saturated rings. The molecule has 2 heterocycles. The third kappa shape index (κ3) is 7.95. The topological polar surface area (TPSA) is 84.2 Å². The van der Waals surface area contributed by atoms with Crippen molar-refractivity contribution in [2.45, 2.75) is 72.8 Å². The summed E-state index contributed by atoms with van der Waals surface area (Å²) in [5.41, 5.74) is 7.83. The summed E-state index contributed by atoms with van der Waals surface area (Å²) in [6.07, 6.45) is 7.53. The maximum atomic E-state index is 12.5. The van der Waals surface area contributed by atoms with Gasteiger partial charge in [0, 0.05) is 23.0 Å². The van der Waals surface area contributed by atoms with Gasteiger partial charge in [0.25, 0.3) is 5.91 Å². The van der Waals surface area contributed by atoms with E-state index in [1.807, 2.05) is 27.7 Å². The Morgan fingerprint density at radius 1 is 1.06 bits per heavy atom. The molecule has 8 heteroatoms. The quantitative estimate of drug-likeness (QED) is 0.361. The fourth-order valence-corrected chi connectivity index (χ4v) is 6.55. The average Bonchev–Trinajstić information content (AvgIpc) is 3.20. The fourth-order valence-electron chi connectivity index (χ4n) is 5.01. The third-order valence-corrected chi connectivity index (χ3v) is 7.90. The van der Waals surface area contributed by atoms with E-state index >= 15 is 0 Å². The van der Waals surface area contributed by atoms with Crippen LogP contribution >= 0.6 is 22.9 Å². The van der Waals surface area contributed by atoms with E-state index in [4.69, 9.17) is 17.3 Å². The summed E-state index contributed by atoms with van der Waals surface area (Å²) in [5, 5.41) is 6.76. The predicted molar refractivity (Wildman–Crippen MR) is 150 cm³/mol. The summed E-state index contributed by atoms with van der Waals surface area (Å²) in [4.78, 5) is 26.0. The van der Waals surface area contributed by atoms with Crippen LogP contribution in [0.15, 0.2) is 24.3 Å². The fraction of sp³-hybridized carbons (Fsp3) is 0.556. The molecule has 4 rings (SSSR count). The number of urea groups is 1. The summed E-state index contributed by atoms with van der Waals surface area (Å²) in [6.45, 7) is 11.1. The van der Waals surface area contributed by atoms with Crippen molar-refractivity contribution in [3.63, 3.8) is 0 Å². The molecule has 2 aliphatic rings. The molecule has 4 N–H and O–H groups in total. The first-order valence-corrected chi connectivity index (χ1v) is 14.1. The average molecular weight is 522 g/mol. The molecule has 1 aliphatic carbocycles. The van der Waals surface area contributed by atoms with Gasteiger partial charge in [-0.3, -0.25) is 10.1 Å². The molecular weight excluding hydrogens is 480 g/mol. The van der Waals surface area contributed by atoms with Gasteiger partial charge in [-0.2, -0.15) is 0 Å². The minimum absolute atomic E-state index is 0.400. The number of nitrogens with two attached hydrogens (primary N) is 1. The van der Waals surface area contributed by atoms with E-state index in [1.54, 1.807) is 24.3 Å². The molecule has 0 radical (unpaired) electrons. The number of hydrogen-bond acceptors (Lipinski definition) is 3. The molecule has 1 aromatic carbocycles. The van der Waals surface area contributed by atoms with Crippen molar-refractivity contribution >= 4 is 45.6 Å². The Kier molecular flexibility index (Phi) is 11.5. The maximum Gasteiger partial charge on any atom is 0.324 e. The van der Waals surface area contributed by atoms with Crippen LogP contribution in [0.2, 0.25) is 5.02 Å². The van der Waals surface area contributed by atoms with Gasteiger partial charge in [0.05, 0.1) is 30.6 Å². The van der Waals surface area contributed by atoms with Gasteiger partial charge >= 0.3 is 6.03 Å². The zero-order valence-electron chi connectivity index (χ0n) is 21.9. The molecule has 0 spiro atoms. The van der Waals surface area contributed by atoms with Crippen molar-refractivity contribution in [2.75, 3.05) is 30.8 Å². The van der Waals surface area contributed by atoms with Crippen LogP contribution in [0.25, 0.3) is 0 Å². The summed E-state index contributed by atoms with van der Waals surface area (Å²) >= 11 is 7.38. The lowest BCUT2D eigenvalue weighted by Crippen LogP contribution is -2.50. The molecule has 2 aromatic rings. The largest absolute Gasteiger partial charge is 0.365 e. The van der Waals surface area contributed by atoms with Gasteiger partial charge in [0.2, 0.25) is 0 Å². The van der Waals surface area contributed by atoms with Crippen LogP contribution < -0.4 is 16.4 Å². The van der Waals surface area contributed by atoms with E-state index in [0.29, 0.717) is 21.3 Å². The number of benzene rings is 1. The summed E-state index contributed by atoms with van der Waals surface area (Å²) in [6, 6.07) is 6.47. The highest BCUT2D eigenvalue weighted by molar-refractivity contribution is 7.17. The van der Waals surface area contributed by atoms with Crippen LogP contribution in [-0.2, 0) is 13.0 Å². The molecule has 3 amide bonds. The summed E-state index contributed by atoms with van der Waals surface area (Å²) in [5.74, 6) is 0.307. The Hall–Kier alpha value is -2.09. The number of anilines is 2. The van der Waals surface area contributed by atoms with Crippen LogP contribution in [0.1, 0.15) is 80.6 Å². The number of rotatable bonds is 5. The van der Waals surface area contributed by atoms with Gasteiger partial charge in [-0.1, -0.05) is 58.6 Å². The first kappa shape index (κ1) is 29.1. The van der Waals surface area contributed by atoms with Crippen LogP contribution in [0.4, 0.5) is 15.5 Å². The zero-order chi connectivity index (χ0) is 26.0. The smallest absolute Gasteiger partial charge is 0.324 e. The van der Waals surface area contributed by atoms with Crippen molar-refractivity contribution in [2.24, 2.45) is 11.7 Å². The SMILES string of the molecule is CC.CC.C[N+]1(CC2CCCCC2)CCc2c(sc(NC(=O)Nc3ccc(Cl)cc3)c2C(N)=O)C1. The third-order valence-electron chi connectivity index (χ3n) is 6.52. The standard InChI is InChI=1S/C23H29ClN4O2S.2C2H6/c1-28(13-15-5-3-2-4-6-15)12-11-18-19(14-28)31-22(20(18)21(25)29)27-23(30)26-17-9-7-16(24)8-10-17;2*1-2/h7-10,15H,2-6,11-14H2,1H3,(H3-,25,26,27,29,30);2*1-2H3/p+1. The summed E-state index contributed by atoms with van der Waals surface area (Å²) in [7, 11) is 2.32. The minimum Gasteiger partial charge on any atom is -0.365 e. The molecular formula is C27H42ClN4O2S+. The van der Waals surface area contributed by atoms with Gasteiger partial charge < -0.3 is 15.5 Å². The first-order chi connectivity index (χ1) is 16.8. The minimum atomic E-state index is -0.484. The van der Waals surface area contributed by atoms with Gasteiger partial charge in [-0.25, -0.2) is 4.79 Å². The van der Waals surface area contributed by atoms with Crippen molar-refractivity contribution in [1.82, 2.24) is 0 Å².